The van der Waals surface area contributed by atoms with Crippen LogP contribution >= 0.6 is 0 Å². The van der Waals surface area contributed by atoms with Crippen molar-refractivity contribution in [2.24, 2.45) is 5.41 Å². The first-order chi connectivity index (χ1) is 14.6. The standard InChI is InChI=1S/C22H23N5O3/c28-19-9-22(8-16-11-24-27(20(16)19)17-12-30-13-17)3-5-26(6-4-22)21(29)14-1-2-18-15(7-14)10-23-25-18/h1-2,7,10-11,17H,3-6,8-9,12-13H2,(H,23,25). The number of Topliss-reactive ketones (excluding diaryl/α,β-unsaturated/α-hetero) is 1. The fourth-order valence-corrected chi connectivity index (χ4v) is 5.16. The fraction of sp³-hybridized carbons (Fsp3) is 0.455. The lowest BCUT2D eigenvalue weighted by Gasteiger charge is -2.43. The van der Waals surface area contributed by atoms with Crippen LogP contribution in [0.25, 0.3) is 10.9 Å². The molecule has 2 aliphatic heterocycles. The highest BCUT2D eigenvalue weighted by molar-refractivity contribution is 5.99. The highest BCUT2D eigenvalue weighted by Gasteiger charge is 2.44. The molecule has 8 nitrogen and oxygen atoms in total. The summed E-state index contributed by atoms with van der Waals surface area (Å²) in [7, 11) is 0. The van der Waals surface area contributed by atoms with Crippen molar-refractivity contribution in [3.05, 3.63) is 47.4 Å². The third-order valence-corrected chi connectivity index (χ3v) is 7.00. The molecule has 4 heterocycles. The second-order valence-corrected chi connectivity index (χ2v) is 8.90. The van der Waals surface area contributed by atoms with Gasteiger partial charge in [0.2, 0.25) is 0 Å². The minimum absolute atomic E-state index is 0.0496. The zero-order chi connectivity index (χ0) is 20.3. The summed E-state index contributed by atoms with van der Waals surface area (Å²) < 4.78 is 7.14. The number of ether oxygens (including phenoxy) is 1. The number of rotatable bonds is 2. The molecule has 8 heteroatoms. The Morgan fingerprint density at radius 2 is 2.00 bits per heavy atom. The summed E-state index contributed by atoms with van der Waals surface area (Å²) in [6.07, 6.45) is 6.70. The van der Waals surface area contributed by atoms with Crippen molar-refractivity contribution in [3.8, 4) is 0 Å². The minimum atomic E-state index is -0.0562. The molecule has 0 atom stereocenters. The van der Waals surface area contributed by atoms with E-state index in [1.165, 1.54) is 0 Å². The highest BCUT2D eigenvalue weighted by atomic mass is 16.5. The van der Waals surface area contributed by atoms with Gasteiger partial charge < -0.3 is 9.64 Å². The average molecular weight is 405 g/mol. The van der Waals surface area contributed by atoms with E-state index in [0.29, 0.717) is 38.3 Å². The Labute approximate surface area is 173 Å². The SMILES string of the molecule is O=C1CC2(CCN(C(=O)c3ccc4[nH]ncc4c3)CC2)Cc2cnn(C3COC3)c21. The quantitative estimate of drug-likeness (QED) is 0.707. The number of amides is 1. The smallest absolute Gasteiger partial charge is 0.253 e. The van der Waals surface area contributed by atoms with Crippen LogP contribution in [0.5, 0.6) is 0 Å². The molecular weight excluding hydrogens is 382 g/mol. The lowest BCUT2D eigenvalue weighted by atomic mass is 9.67. The first kappa shape index (κ1) is 17.8. The van der Waals surface area contributed by atoms with Crippen LogP contribution in [0, 0.1) is 5.41 Å². The monoisotopic (exact) mass is 405 g/mol. The summed E-state index contributed by atoms with van der Waals surface area (Å²) in [5.41, 5.74) is 3.39. The van der Waals surface area contributed by atoms with Crippen LogP contribution in [0.2, 0.25) is 0 Å². The highest BCUT2D eigenvalue weighted by Crippen LogP contribution is 2.44. The number of H-pyrrole nitrogens is 1. The Morgan fingerprint density at radius 1 is 1.17 bits per heavy atom. The van der Waals surface area contributed by atoms with Crippen LogP contribution in [0.4, 0.5) is 0 Å². The van der Waals surface area contributed by atoms with Crippen molar-refractivity contribution < 1.29 is 14.3 Å². The van der Waals surface area contributed by atoms with Gasteiger partial charge in [-0.25, -0.2) is 0 Å². The molecule has 2 fully saturated rings. The Balaban J connectivity index is 1.18. The Morgan fingerprint density at radius 3 is 2.77 bits per heavy atom. The third kappa shape index (κ3) is 2.70. The van der Waals surface area contributed by atoms with Gasteiger partial charge in [0.15, 0.2) is 5.78 Å². The van der Waals surface area contributed by atoms with E-state index in [0.717, 1.165) is 41.4 Å². The first-order valence-electron chi connectivity index (χ1n) is 10.5. The number of carbonyl (C=O) groups is 2. The van der Waals surface area contributed by atoms with Gasteiger partial charge in [-0.05, 0) is 42.9 Å². The number of ketones is 1. The molecule has 1 aliphatic carbocycles. The number of likely N-dealkylation sites (tertiary alicyclic amines) is 1. The molecule has 1 aromatic carbocycles. The van der Waals surface area contributed by atoms with Crippen LogP contribution < -0.4 is 0 Å². The molecule has 1 spiro atoms. The largest absolute Gasteiger partial charge is 0.377 e. The summed E-state index contributed by atoms with van der Waals surface area (Å²) in [4.78, 5) is 28.0. The maximum atomic E-state index is 13.0. The van der Waals surface area contributed by atoms with Gasteiger partial charge >= 0.3 is 0 Å². The van der Waals surface area contributed by atoms with Gasteiger partial charge in [0.25, 0.3) is 5.91 Å². The van der Waals surface area contributed by atoms with Gasteiger partial charge in [0.1, 0.15) is 5.69 Å². The number of carbonyl (C=O) groups excluding carboxylic acids is 2. The van der Waals surface area contributed by atoms with E-state index in [9.17, 15) is 9.59 Å². The summed E-state index contributed by atoms with van der Waals surface area (Å²) in [5.74, 6) is 0.236. The van der Waals surface area contributed by atoms with Crippen molar-refractivity contribution in [2.75, 3.05) is 26.3 Å². The van der Waals surface area contributed by atoms with Crippen molar-refractivity contribution >= 4 is 22.6 Å². The molecule has 3 aromatic rings. The number of fused-ring (bicyclic) bond motifs is 2. The summed E-state index contributed by atoms with van der Waals surface area (Å²) in [6.45, 7) is 2.62. The topological polar surface area (TPSA) is 93.1 Å². The maximum absolute atomic E-state index is 13.0. The molecule has 154 valence electrons. The zero-order valence-electron chi connectivity index (χ0n) is 16.6. The molecule has 6 rings (SSSR count). The third-order valence-electron chi connectivity index (χ3n) is 7.00. The molecule has 30 heavy (non-hydrogen) atoms. The number of piperidine rings is 1. The summed E-state index contributed by atoms with van der Waals surface area (Å²) in [5, 5.41) is 12.4. The summed E-state index contributed by atoms with van der Waals surface area (Å²) in [6, 6.07) is 5.83. The average Bonchev–Trinajstić information content (AvgIpc) is 3.33. The lowest BCUT2D eigenvalue weighted by molar-refractivity contribution is -0.0297. The number of hydrogen-bond acceptors (Lipinski definition) is 5. The predicted octanol–water partition coefficient (Wildman–Crippen LogP) is 2.38. The van der Waals surface area contributed by atoms with E-state index >= 15 is 0 Å². The second kappa shape index (κ2) is 6.50. The number of aromatic nitrogens is 4. The number of aromatic amines is 1. The molecule has 2 saturated heterocycles. The van der Waals surface area contributed by atoms with Crippen LogP contribution in [-0.4, -0.2) is 62.9 Å². The van der Waals surface area contributed by atoms with Gasteiger partial charge in [-0.15, -0.1) is 0 Å². The van der Waals surface area contributed by atoms with E-state index in [2.05, 4.69) is 15.3 Å². The van der Waals surface area contributed by atoms with Crippen molar-refractivity contribution in [1.29, 1.82) is 0 Å². The van der Waals surface area contributed by atoms with Crippen molar-refractivity contribution in [2.45, 2.75) is 31.7 Å². The molecule has 0 bridgehead atoms. The maximum Gasteiger partial charge on any atom is 0.253 e. The van der Waals surface area contributed by atoms with E-state index in [1.54, 1.807) is 6.20 Å². The van der Waals surface area contributed by atoms with Crippen LogP contribution in [0.15, 0.2) is 30.6 Å². The van der Waals surface area contributed by atoms with Gasteiger partial charge in [-0.1, -0.05) is 0 Å². The molecule has 2 aromatic heterocycles. The Hall–Kier alpha value is -3.00. The minimum Gasteiger partial charge on any atom is -0.377 e. The molecule has 3 aliphatic rings. The summed E-state index contributed by atoms with van der Waals surface area (Å²) >= 11 is 0. The van der Waals surface area contributed by atoms with Gasteiger partial charge in [0, 0.05) is 36.0 Å². The van der Waals surface area contributed by atoms with Gasteiger partial charge in [0.05, 0.1) is 37.2 Å². The normalized spacial score (nSPS) is 21.1. The van der Waals surface area contributed by atoms with Crippen molar-refractivity contribution in [1.82, 2.24) is 24.9 Å². The number of hydrogen-bond donors (Lipinski definition) is 1. The number of nitrogens with zero attached hydrogens (tertiary/aromatic N) is 4. The van der Waals surface area contributed by atoms with Gasteiger partial charge in [-0.3, -0.25) is 19.4 Å². The Kier molecular flexibility index (Phi) is 3.86. The second-order valence-electron chi connectivity index (χ2n) is 8.90. The zero-order valence-corrected chi connectivity index (χ0v) is 16.6. The molecule has 0 radical (unpaired) electrons. The van der Waals surface area contributed by atoms with Crippen LogP contribution in [0.3, 0.4) is 0 Å². The molecule has 1 N–H and O–H groups in total. The van der Waals surface area contributed by atoms with Crippen molar-refractivity contribution in [3.63, 3.8) is 0 Å². The number of nitrogens with one attached hydrogen (secondary N) is 1. The molecule has 0 saturated carbocycles. The first-order valence-corrected chi connectivity index (χ1v) is 10.5. The van der Waals surface area contributed by atoms with E-state index in [4.69, 9.17) is 4.74 Å². The van der Waals surface area contributed by atoms with Gasteiger partial charge in [-0.2, -0.15) is 10.2 Å². The van der Waals surface area contributed by atoms with Crippen LogP contribution in [0.1, 0.15) is 51.7 Å². The van der Waals surface area contributed by atoms with E-state index in [1.807, 2.05) is 34.0 Å². The number of benzene rings is 1. The predicted molar refractivity (Wildman–Crippen MR) is 108 cm³/mol. The Bertz CT molecular complexity index is 1150. The van der Waals surface area contributed by atoms with E-state index < -0.39 is 0 Å². The molecule has 1 amide bonds. The lowest BCUT2D eigenvalue weighted by Crippen LogP contribution is -2.46. The fourth-order valence-electron chi connectivity index (χ4n) is 5.16. The molecular formula is C22H23N5O3. The van der Waals surface area contributed by atoms with Crippen LogP contribution in [-0.2, 0) is 11.2 Å². The van der Waals surface area contributed by atoms with E-state index in [-0.39, 0.29) is 23.1 Å². The molecule has 0 unspecified atom stereocenters.